The maximum absolute atomic E-state index is 13.0. The van der Waals surface area contributed by atoms with E-state index in [1.807, 2.05) is 13.8 Å². The Kier molecular flexibility index (Phi) is 2.09. The molecule has 0 radical (unpaired) electrons. The fourth-order valence-electron chi connectivity index (χ4n) is 7.17. The predicted molar refractivity (Wildman–Crippen MR) is 78.0 cm³/mol. The maximum Gasteiger partial charge on any atom is 0.309 e. The molecule has 1 heterocycles. The second-order valence-corrected chi connectivity index (χ2v) is 8.44. The van der Waals surface area contributed by atoms with Crippen molar-refractivity contribution >= 4 is 17.5 Å². The third-order valence-electron chi connectivity index (χ3n) is 7.87. The van der Waals surface area contributed by atoms with Gasteiger partial charge in [-0.15, -0.1) is 0 Å². The zero-order chi connectivity index (χ0) is 16.5. The van der Waals surface area contributed by atoms with Gasteiger partial charge < -0.3 is 9.84 Å². The van der Waals surface area contributed by atoms with Crippen molar-refractivity contribution in [1.29, 1.82) is 0 Å². The van der Waals surface area contributed by atoms with E-state index in [9.17, 15) is 19.5 Å². The van der Waals surface area contributed by atoms with E-state index in [1.165, 1.54) is 0 Å². The van der Waals surface area contributed by atoms with Crippen molar-refractivity contribution in [2.75, 3.05) is 0 Å². The molecule has 5 aliphatic rings. The molecular formula is C18H20O5. The molecule has 1 aliphatic heterocycles. The summed E-state index contributed by atoms with van der Waals surface area (Å²) in [4.78, 5) is 38.0. The Morgan fingerprint density at radius 1 is 1.30 bits per heavy atom. The number of aliphatic hydroxyl groups is 1. The standard InChI is InChI=1S/C18H20O5/c1-7-5-18(22)10-4-11(19)17(18)6-9-12(8(2)15(21)23-9)13(17)16(10,3)14(7)20/h5,8-10,12-13,22H,4,6H2,1-3H3/t8-,9+,10+,12+,13+,16+,17-,18+/m1/s1. The van der Waals surface area contributed by atoms with E-state index in [1.54, 1.807) is 13.0 Å². The molecule has 4 fully saturated rings. The predicted octanol–water partition coefficient (Wildman–Crippen LogP) is 1.04. The molecule has 5 rings (SSSR count). The van der Waals surface area contributed by atoms with Crippen molar-refractivity contribution in [2.24, 2.45) is 34.5 Å². The summed E-state index contributed by atoms with van der Waals surface area (Å²) in [5.74, 6) is -1.33. The van der Waals surface area contributed by atoms with E-state index in [0.29, 0.717) is 12.0 Å². The van der Waals surface area contributed by atoms with E-state index in [2.05, 4.69) is 0 Å². The second-order valence-electron chi connectivity index (χ2n) is 8.44. The molecule has 5 nitrogen and oxygen atoms in total. The first-order valence-electron chi connectivity index (χ1n) is 8.40. The lowest BCUT2D eigenvalue weighted by Gasteiger charge is -2.43. The van der Waals surface area contributed by atoms with Crippen molar-refractivity contribution in [2.45, 2.75) is 45.3 Å². The van der Waals surface area contributed by atoms with E-state index < -0.39 is 16.4 Å². The minimum atomic E-state index is -1.27. The first kappa shape index (κ1) is 13.9. The van der Waals surface area contributed by atoms with Crippen molar-refractivity contribution in [3.63, 3.8) is 0 Å². The molecule has 0 aromatic heterocycles. The molecule has 122 valence electrons. The largest absolute Gasteiger partial charge is 0.462 e. The summed E-state index contributed by atoms with van der Waals surface area (Å²) in [5.41, 5.74) is -2.45. The van der Waals surface area contributed by atoms with Crippen molar-refractivity contribution < 1.29 is 24.2 Å². The van der Waals surface area contributed by atoms with Gasteiger partial charge in [-0.05, 0) is 24.5 Å². The molecule has 23 heavy (non-hydrogen) atoms. The Morgan fingerprint density at radius 3 is 2.70 bits per heavy atom. The van der Waals surface area contributed by atoms with E-state index in [4.69, 9.17) is 4.74 Å². The molecule has 8 atom stereocenters. The Morgan fingerprint density at radius 2 is 2.00 bits per heavy atom. The molecule has 0 aromatic rings. The molecule has 1 N–H and O–H groups in total. The zero-order valence-corrected chi connectivity index (χ0v) is 13.5. The van der Waals surface area contributed by atoms with Crippen LogP contribution in [0.5, 0.6) is 0 Å². The smallest absolute Gasteiger partial charge is 0.309 e. The van der Waals surface area contributed by atoms with Crippen molar-refractivity contribution in [3.8, 4) is 0 Å². The van der Waals surface area contributed by atoms with Gasteiger partial charge >= 0.3 is 5.97 Å². The van der Waals surface area contributed by atoms with Crippen LogP contribution in [-0.4, -0.2) is 34.3 Å². The number of allylic oxidation sites excluding steroid dienone is 1. The van der Waals surface area contributed by atoms with Crippen LogP contribution in [0.2, 0.25) is 0 Å². The maximum atomic E-state index is 13.0. The van der Waals surface area contributed by atoms with Crippen LogP contribution in [0.15, 0.2) is 11.6 Å². The minimum absolute atomic E-state index is 0.0266. The first-order valence-corrected chi connectivity index (χ1v) is 8.40. The highest BCUT2D eigenvalue weighted by molar-refractivity contribution is 6.07. The highest BCUT2D eigenvalue weighted by Gasteiger charge is 2.87. The summed E-state index contributed by atoms with van der Waals surface area (Å²) < 4.78 is 5.51. The molecule has 0 unspecified atom stereocenters. The molecule has 1 spiro atoms. The number of ether oxygens (including phenoxy) is 1. The second kappa shape index (κ2) is 3.46. The van der Waals surface area contributed by atoms with Crippen LogP contribution in [-0.2, 0) is 19.1 Å². The highest BCUT2D eigenvalue weighted by Crippen LogP contribution is 2.79. The van der Waals surface area contributed by atoms with Gasteiger partial charge in [-0.25, -0.2) is 0 Å². The lowest BCUT2D eigenvalue weighted by Crippen LogP contribution is -2.49. The van der Waals surface area contributed by atoms with Crippen LogP contribution in [0.4, 0.5) is 0 Å². The number of carbonyl (C=O) groups is 3. The number of Topliss-reactive ketones (excluding diaryl/α,β-unsaturated/α-hetero) is 2. The molecule has 0 amide bonds. The number of rotatable bonds is 0. The molecule has 4 aliphatic carbocycles. The van der Waals surface area contributed by atoms with Gasteiger partial charge in [0.2, 0.25) is 0 Å². The number of ketones is 2. The number of carbonyl (C=O) groups excluding carboxylic acids is 3. The Labute approximate surface area is 134 Å². The first-order chi connectivity index (χ1) is 10.7. The van der Waals surface area contributed by atoms with Crippen LogP contribution in [0.3, 0.4) is 0 Å². The highest BCUT2D eigenvalue weighted by atomic mass is 16.6. The molecular weight excluding hydrogens is 296 g/mol. The molecule has 5 heteroatoms. The van der Waals surface area contributed by atoms with E-state index in [-0.39, 0.29) is 53.7 Å². The fraction of sp³-hybridized carbons (Fsp3) is 0.722. The quantitative estimate of drug-likeness (QED) is 0.675. The fourth-order valence-corrected chi connectivity index (χ4v) is 7.17. The summed E-state index contributed by atoms with van der Waals surface area (Å²) in [7, 11) is 0. The lowest BCUT2D eigenvalue weighted by atomic mass is 9.57. The third-order valence-corrected chi connectivity index (χ3v) is 7.87. The van der Waals surface area contributed by atoms with Crippen molar-refractivity contribution in [3.05, 3.63) is 11.6 Å². The molecule has 0 aromatic carbocycles. The summed E-state index contributed by atoms with van der Waals surface area (Å²) in [6, 6.07) is 0. The topological polar surface area (TPSA) is 80.7 Å². The number of hydrogen-bond donors (Lipinski definition) is 1. The normalized spacial score (nSPS) is 59.0. The average molecular weight is 316 g/mol. The van der Waals surface area contributed by atoms with Crippen LogP contribution in [0, 0.1) is 34.5 Å². The van der Waals surface area contributed by atoms with Gasteiger partial charge in [0.25, 0.3) is 0 Å². The van der Waals surface area contributed by atoms with E-state index >= 15 is 0 Å². The van der Waals surface area contributed by atoms with Gasteiger partial charge in [-0.3, -0.25) is 14.4 Å². The molecule has 4 bridgehead atoms. The van der Waals surface area contributed by atoms with Gasteiger partial charge in [0.1, 0.15) is 17.5 Å². The van der Waals surface area contributed by atoms with Gasteiger partial charge in [0.05, 0.1) is 11.3 Å². The van der Waals surface area contributed by atoms with Gasteiger partial charge in [-0.2, -0.15) is 0 Å². The summed E-state index contributed by atoms with van der Waals surface area (Å²) in [6.45, 7) is 5.45. The molecule has 1 saturated heterocycles. The van der Waals surface area contributed by atoms with Crippen molar-refractivity contribution in [1.82, 2.24) is 0 Å². The monoisotopic (exact) mass is 316 g/mol. The Bertz CT molecular complexity index is 738. The minimum Gasteiger partial charge on any atom is -0.462 e. The summed E-state index contributed by atoms with van der Waals surface area (Å²) in [6.07, 6.45) is 1.90. The number of hydrogen-bond acceptors (Lipinski definition) is 5. The summed E-state index contributed by atoms with van der Waals surface area (Å²) >= 11 is 0. The van der Waals surface area contributed by atoms with Gasteiger partial charge in [0, 0.05) is 30.1 Å². The number of esters is 1. The number of fused-ring (bicyclic) bond motifs is 3. The van der Waals surface area contributed by atoms with Gasteiger partial charge in [0.15, 0.2) is 5.78 Å². The average Bonchev–Trinajstić information content (AvgIpc) is 3.06. The summed E-state index contributed by atoms with van der Waals surface area (Å²) in [5, 5.41) is 11.5. The van der Waals surface area contributed by atoms with Crippen LogP contribution >= 0.6 is 0 Å². The Hall–Kier alpha value is -1.49. The lowest BCUT2D eigenvalue weighted by molar-refractivity contribution is -0.150. The van der Waals surface area contributed by atoms with Crippen LogP contribution in [0.25, 0.3) is 0 Å². The van der Waals surface area contributed by atoms with Crippen LogP contribution in [0.1, 0.15) is 33.6 Å². The third kappa shape index (κ3) is 1.06. The van der Waals surface area contributed by atoms with Gasteiger partial charge in [-0.1, -0.05) is 13.8 Å². The molecule has 3 saturated carbocycles. The van der Waals surface area contributed by atoms with Crippen LogP contribution < -0.4 is 0 Å². The Balaban J connectivity index is 1.81. The zero-order valence-electron chi connectivity index (χ0n) is 13.5. The SMILES string of the molecule is CC1=C[C@]2(O)[C@H]3CC(=O)[C@@]24C[C@@H]2OC(=O)[C@H](C)[C@@H]2[C@H]4[C@@]3(C)C1=O. The van der Waals surface area contributed by atoms with E-state index in [0.717, 1.165) is 0 Å².